The highest BCUT2D eigenvalue weighted by atomic mass is 79.9. The van der Waals surface area contributed by atoms with Crippen molar-refractivity contribution in [3.63, 3.8) is 0 Å². The van der Waals surface area contributed by atoms with E-state index in [-0.39, 0.29) is 30.9 Å². The predicted molar refractivity (Wildman–Crippen MR) is 121 cm³/mol. The molecule has 0 aliphatic carbocycles. The number of carbonyl (C=O) groups excluding carboxylic acids is 3. The van der Waals surface area contributed by atoms with Crippen LogP contribution in [0.15, 0.2) is 77.3 Å². The Morgan fingerprint density at radius 3 is 2.52 bits per heavy atom. The highest BCUT2D eigenvalue weighted by Crippen LogP contribution is 2.34. The lowest BCUT2D eigenvalue weighted by molar-refractivity contribution is -0.123. The molecule has 3 aromatic rings. The molecule has 4 rings (SSSR count). The van der Waals surface area contributed by atoms with Gasteiger partial charge in [0.1, 0.15) is 12.3 Å². The van der Waals surface area contributed by atoms with Crippen LogP contribution in [0.1, 0.15) is 10.4 Å². The van der Waals surface area contributed by atoms with Crippen molar-refractivity contribution in [2.45, 2.75) is 0 Å². The first-order valence-electron chi connectivity index (χ1n) is 9.48. The molecule has 0 saturated heterocycles. The molecule has 0 fully saturated rings. The molecule has 0 spiro atoms. The van der Waals surface area contributed by atoms with Crippen LogP contribution in [0.3, 0.4) is 0 Å². The Morgan fingerprint density at radius 2 is 1.74 bits per heavy atom. The van der Waals surface area contributed by atoms with Crippen molar-refractivity contribution in [3.05, 3.63) is 82.8 Å². The maximum atomic E-state index is 12.6. The zero-order valence-corrected chi connectivity index (χ0v) is 17.9. The van der Waals surface area contributed by atoms with Crippen LogP contribution < -0.4 is 20.3 Å². The SMILES string of the molecule is O=C(CN1C(=O)COc2ccc(NC(=O)c3cccc(Br)c3)cc21)Nc1ccccc1. The lowest BCUT2D eigenvalue weighted by Crippen LogP contribution is -2.43. The number of hydrogen-bond acceptors (Lipinski definition) is 4. The summed E-state index contributed by atoms with van der Waals surface area (Å²) in [4.78, 5) is 38.9. The molecule has 0 radical (unpaired) electrons. The summed E-state index contributed by atoms with van der Waals surface area (Å²) >= 11 is 3.35. The van der Waals surface area contributed by atoms with Gasteiger partial charge in [-0.2, -0.15) is 0 Å². The number of fused-ring (bicyclic) bond motifs is 1. The van der Waals surface area contributed by atoms with E-state index in [4.69, 9.17) is 4.74 Å². The Hall–Kier alpha value is -3.65. The van der Waals surface area contributed by atoms with E-state index in [9.17, 15) is 14.4 Å². The number of rotatable bonds is 5. The topological polar surface area (TPSA) is 87.7 Å². The molecule has 156 valence electrons. The summed E-state index contributed by atoms with van der Waals surface area (Å²) in [6.45, 7) is -0.331. The van der Waals surface area contributed by atoms with Crippen molar-refractivity contribution in [1.82, 2.24) is 0 Å². The van der Waals surface area contributed by atoms with Gasteiger partial charge in [0.2, 0.25) is 5.91 Å². The van der Waals surface area contributed by atoms with Crippen LogP contribution in [-0.4, -0.2) is 30.9 Å². The summed E-state index contributed by atoms with van der Waals surface area (Å²) in [5.41, 5.74) is 2.03. The van der Waals surface area contributed by atoms with Crippen molar-refractivity contribution >= 4 is 50.7 Å². The average Bonchev–Trinajstić information content (AvgIpc) is 2.76. The quantitative estimate of drug-likeness (QED) is 0.577. The minimum Gasteiger partial charge on any atom is -0.482 e. The van der Waals surface area contributed by atoms with Gasteiger partial charge in [0, 0.05) is 21.4 Å². The molecular weight excluding hydrogens is 462 g/mol. The number of benzene rings is 3. The third-order valence-electron chi connectivity index (χ3n) is 4.61. The van der Waals surface area contributed by atoms with Gasteiger partial charge in [-0.25, -0.2) is 0 Å². The van der Waals surface area contributed by atoms with Gasteiger partial charge in [0.15, 0.2) is 6.61 Å². The molecule has 1 heterocycles. The van der Waals surface area contributed by atoms with Crippen LogP contribution in [0, 0.1) is 0 Å². The van der Waals surface area contributed by atoms with Crippen LogP contribution in [0.5, 0.6) is 5.75 Å². The van der Waals surface area contributed by atoms with E-state index in [2.05, 4.69) is 26.6 Å². The van der Waals surface area contributed by atoms with Gasteiger partial charge in [-0.3, -0.25) is 19.3 Å². The Kier molecular flexibility index (Phi) is 5.99. The zero-order chi connectivity index (χ0) is 21.8. The van der Waals surface area contributed by atoms with E-state index in [0.29, 0.717) is 28.4 Å². The Labute approximate surface area is 187 Å². The highest BCUT2D eigenvalue weighted by Gasteiger charge is 2.28. The maximum Gasteiger partial charge on any atom is 0.265 e. The number of para-hydroxylation sites is 1. The van der Waals surface area contributed by atoms with Crippen LogP contribution in [-0.2, 0) is 9.59 Å². The van der Waals surface area contributed by atoms with Crippen molar-refractivity contribution in [2.24, 2.45) is 0 Å². The van der Waals surface area contributed by atoms with Crippen molar-refractivity contribution in [2.75, 3.05) is 28.7 Å². The second-order valence-electron chi connectivity index (χ2n) is 6.83. The summed E-state index contributed by atoms with van der Waals surface area (Å²) in [5, 5.41) is 5.58. The second-order valence-corrected chi connectivity index (χ2v) is 7.75. The molecule has 0 aromatic heterocycles. The van der Waals surface area contributed by atoms with Gasteiger partial charge in [-0.1, -0.05) is 40.2 Å². The molecule has 3 amide bonds. The first kappa shape index (κ1) is 20.6. The Balaban J connectivity index is 1.53. The number of hydrogen-bond donors (Lipinski definition) is 2. The van der Waals surface area contributed by atoms with E-state index in [1.807, 2.05) is 24.3 Å². The average molecular weight is 480 g/mol. The molecule has 3 aromatic carbocycles. The number of amides is 3. The van der Waals surface area contributed by atoms with Crippen molar-refractivity contribution in [3.8, 4) is 5.75 Å². The molecule has 0 saturated carbocycles. The van der Waals surface area contributed by atoms with E-state index in [0.717, 1.165) is 4.47 Å². The Bertz CT molecular complexity index is 1150. The molecule has 0 bridgehead atoms. The first-order chi connectivity index (χ1) is 15.0. The van der Waals surface area contributed by atoms with Gasteiger partial charge in [0.25, 0.3) is 11.8 Å². The number of halogens is 1. The minimum atomic E-state index is -0.342. The van der Waals surface area contributed by atoms with Gasteiger partial charge < -0.3 is 15.4 Å². The third-order valence-corrected chi connectivity index (χ3v) is 5.10. The second kappa shape index (κ2) is 9.01. The van der Waals surface area contributed by atoms with E-state index >= 15 is 0 Å². The summed E-state index contributed by atoms with van der Waals surface area (Å²) in [5.74, 6) is -0.507. The number of nitrogens with one attached hydrogen (secondary N) is 2. The minimum absolute atomic E-state index is 0.157. The fourth-order valence-corrected chi connectivity index (χ4v) is 3.55. The van der Waals surface area contributed by atoms with E-state index in [1.165, 1.54) is 4.90 Å². The molecule has 0 atom stereocenters. The zero-order valence-electron chi connectivity index (χ0n) is 16.3. The number of ether oxygens (including phenoxy) is 1. The Morgan fingerprint density at radius 1 is 0.935 bits per heavy atom. The molecule has 0 unspecified atom stereocenters. The van der Waals surface area contributed by atoms with Gasteiger partial charge >= 0.3 is 0 Å². The number of carbonyl (C=O) groups is 3. The molecule has 7 nitrogen and oxygen atoms in total. The van der Waals surface area contributed by atoms with Crippen LogP contribution in [0.2, 0.25) is 0 Å². The normalized spacial score (nSPS) is 12.5. The van der Waals surface area contributed by atoms with Crippen LogP contribution in [0.4, 0.5) is 17.1 Å². The number of nitrogens with zero attached hydrogens (tertiary/aromatic N) is 1. The van der Waals surface area contributed by atoms with E-state index in [1.54, 1.807) is 48.5 Å². The molecule has 8 heteroatoms. The molecule has 1 aliphatic heterocycles. The largest absolute Gasteiger partial charge is 0.482 e. The lowest BCUT2D eigenvalue weighted by atomic mass is 10.1. The fraction of sp³-hybridized carbons (Fsp3) is 0.0870. The summed E-state index contributed by atoms with van der Waals surface area (Å²) in [6.07, 6.45) is 0. The van der Waals surface area contributed by atoms with Gasteiger partial charge in [-0.05, 0) is 48.5 Å². The predicted octanol–water partition coefficient (Wildman–Crippen LogP) is 4.07. The van der Waals surface area contributed by atoms with E-state index < -0.39 is 0 Å². The standard InChI is InChI=1S/C23H18BrN3O4/c24-16-6-4-5-15(11-16)23(30)26-18-9-10-20-19(12-18)27(22(29)14-31-20)13-21(28)25-17-7-2-1-3-8-17/h1-12H,13-14H2,(H,25,28)(H,26,30). The van der Waals surface area contributed by atoms with Gasteiger partial charge in [-0.15, -0.1) is 0 Å². The lowest BCUT2D eigenvalue weighted by Gasteiger charge is -2.29. The summed E-state index contributed by atoms with van der Waals surface area (Å²) < 4.78 is 6.28. The molecule has 2 N–H and O–H groups in total. The monoisotopic (exact) mass is 479 g/mol. The van der Waals surface area contributed by atoms with Crippen LogP contribution in [0.25, 0.3) is 0 Å². The maximum absolute atomic E-state index is 12.6. The molecule has 1 aliphatic rings. The fourth-order valence-electron chi connectivity index (χ4n) is 3.15. The summed E-state index contributed by atoms with van der Waals surface area (Å²) in [6, 6.07) is 21.0. The van der Waals surface area contributed by atoms with Crippen LogP contribution >= 0.6 is 15.9 Å². The number of anilines is 3. The summed E-state index contributed by atoms with van der Waals surface area (Å²) in [7, 11) is 0. The van der Waals surface area contributed by atoms with Gasteiger partial charge in [0.05, 0.1) is 5.69 Å². The third kappa shape index (κ3) is 4.92. The molecule has 31 heavy (non-hydrogen) atoms. The first-order valence-corrected chi connectivity index (χ1v) is 10.3. The van der Waals surface area contributed by atoms with Crippen molar-refractivity contribution in [1.29, 1.82) is 0 Å². The molecular formula is C23H18BrN3O4. The smallest absolute Gasteiger partial charge is 0.265 e. The highest BCUT2D eigenvalue weighted by molar-refractivity contribution is 9.10. The van der Waals surface area contributed by atoms with Crippen molar-refractivity contribution < 1.29 is 19.1 Å².